The van der Waals surface area contributed by atoms with Crippen LogP contribution in [-0.4, -0.2) is 55.5 Å². The third-order valence-corrected chi connectivity index (χ3v) is 3.86. The largest absolute Gasteiger partial charge is 0.357 e. The summed E-state index contributed by atoms with van der Waals surface area (Å²) in [6.45, 7) is 5.84. The number of rotatable bonds is 7. The zero-order valence-corrected chi connectivity index (χ0v) is 17.3. The molecule has 144 valence electrons. The van der Waals surface area contributed by atoms with Crippen molar-refractivity contribution in [3.8, 4) is 0 Å². The monoisotopic (exact) mass is 477 g/mol. The lowest BCUT2D eigenvalue weighted by molar-refractivity contribution is -0.124. The van der Waals surface area contributed by atoms with Gasteiger partial charge in [0.2, 0.25) is 5.91 Å². The molecule has 1 aromatic carbocycles. The van der Waals surface area contributed by atoms with E-state index in [1.54, 1.807) is 6.07 Å². The molecule has 1 fully saturated rings. The van der Waals surface area contributed by atoms with Gasteiger partial charge in [0.15, 0.2) is 5.96 Å². The molecule has 1 saturated heterocycles. The normalized spacial score (nSPS) is 14.1. The van der Waals surface area contributed by atoms with Crippen LogP contribution in [0.5, 0.6) is 0 Å². The van der Waals surface area contributed by atoms with Crippen LogP contribution in [0.4, 0.5) is 9.18 Å². The van der Waals surface area contributed by atoms with E-state index in [9.17, 15) is 14.0 Å². The third-order valence-electron chi connectivity index (χ3n) is 3.86. The first kappa shape index (κ1) is 22.1. The number of guanidine groups is 1. The van der Waals surface area contributed by atoms with Crippen LogP contribution in [0.3, 0.4) is 0 Å². The lowest BCUT2D eigenvalue weighted by Gasteiger charge is -2.15. The van der Waals surface area contributed by atoms with Gasteiger partial charge in [-0.15, -0.1) is 24.0 Å². The molecule has 0 radical (unpaired) electrons. The van der Waals surface area contributed by atoms with E-state index < -0.39 is 0 Å². The number of hydrogen-bond donors (Lipinski definition) is 3. The Balaban J connectivity index is 0.00000338. The second-order valence-corrected chi connectivity index (χ2v) is 5.71. The average Bonchev–Trinajstić information content (AvgIpc) is 2.88. The smallest absolute Gasteiger partial charge is 0.324 e. The minimum absolute atomic E-state index is 0. The fraction of sp³-hybridized carbons (Fsp3) is 0.471. The maximum atomic E-state index is 13.1. The van der Waals surface area contributed by atoms with E-state index >= 15 is 0 Å². The molecular weight excluding hydrogens is 452 g/mol. The Bertz CT molecular complexity index is 653. The number of amides is 3. The molecular formula is C17H25FIN5O2. The summed E-state index contributed by atoms with van der Waals surface area (Å²) in [7, 11) is 0. The lowest BCUT2D eigenvalue weighted by atomic mass is 10.1. The summed E-state index contributed by atoms with van der Waals surface area (Å²) in [4.78, 5) is 28.6. The molecule has 3 amide bonds. The van der Waals surface area contributed by atoms with E-state index in [1.807, 2.05) is 13.8 Å². The maximum Gasteiger partial charge on any atom is 0.324 e. The summed E-state index contributed by atoms with van der Waals surface area (Å²) >= 11 is 0. The summed E-state index contributed by atoms with van der Waals surface area (Å²) in [5.41, 5.74) is 1.96. The molecule has 3 N–H and O–H groups in total. The van der Waals surface area contributed by atoms with Gasteiger partial charge in [0.25, 0.3) is 0 Å². The van der Waals surface area contributed by atoms with E-state index in [0.717, 1.165) is 11.1 Å². The van der Waals surface area contributed by atoms with Crippen molar-refractivity contribution in [2.75, 3.05) is 32.7 Å². The molecule has 1 aliphatic heterocycles. The predicted octanol–water partition coefficient (Wildman–Crippen LogP) is 1.40. The van der Waals surface area contributed by atoms with Crippen molar-refractivity contribution in [1.29, 1.82) is 0 Å². The minimum Gasteiger partial charge on any atom is -0.357 e. The van der Waals surface area contributed by atoms with Crippen LogP contribution in [0.1, 0.15) is 18.1 Å². The quantitative estimate of drug-likeness (QED) is 0.240. The number of halogens is 2. The Labute approximate surface area is 169 Å². The van der Waals surface area contributed by atoms with E-state index in [4.69, 9.17) is 0 Å². The van der Waals surface area contributed by atoms with Gasteiger partial charge in [-0.05, 0) is 43.5 Å². The van der Waals surface area contributed by atoms with Crippen molar-refractivity contribution < 1.29 is 14.0 Å². The van der Waals surface area contributed by atoms with Gasteiger partial charge < -0.3 is 16.0 Å². The number of hydrogen-bond acceptors (Lipinski definition) is 3. The number of benzene rings is 1. The van der Waals surface area contributed by atoms with E-state index in [2.05, 4.69) is 20.9 Å². The molecule has 0 atom stereocenters. The topological polar surface area (TPSA) is 85.8 Å². The van der Waals surface area contributed by atoms with E-state index in [1.165, 1.54) is 17.0 Å². The highest BCUT2D eigenvalue weighted by Crippen LogP contribution is 2.10. The Kier molecular flexibility index (Phi) is 9.31. The predicted molar refractivity (Wildman–Crippen MR) is 109 cm³/mol. The van der Waals surface area contributed by atoms with Crippen LogP contribution in [0.2, 0.25) is 0 Å². The number of aryl methyl sites for hydroxylation is 1. The highest BCUT2D eigenvalue weighted by Gasteiger charge is 2.27. The second-order valence-electron chi connectivity index (χ2n) is 5.71. The summed E-state index contributed by atoms with van der Waals surface area (Å²) in [6, 6.07) is 4.38. The van der Waals surface area contributed by atoms with E-state index in [-0.39, 0.29) is 54.8 Å². The zero-order chi connectivity index (χ0) is 18.2. The van der Waals surface area contributed by atoms with Gasteiger partial charge in [-0.3, -0.25) is 14.7 Å². The van der Waals surface area contributed by atoms with Crippen molar-refractivity contribution in [2.45, 2.75) is 20.3 Å². The Morgan fingerprint density at radius 3 is 2.73 bits per heavy atom. The molecule has 0 bridgehead atoms. The van der Waals surface area contributed by atoms with Crippen molar-refractivity contribution in [3.05, 3.63) is 35.1 Å². The number of imide groups is 1. The number of nitrogens with zero attached hydrogens (tertiary/aromatic N) is 2. The Morgan fingerprint density at radius 1 is 1.35 bits per heavy atom. The molecule has 9 heteroatoms. The Hall–Kier alpha value is -1.91. The van der Waals surface area contributed by atoms with Gasteiger partial charge in [0, 0.05) is 26.2 Å². The first-order valence-electron chi connectivity index (χ1n) is 8.36. The van der Waals surface area contributed by atoms with Gasteiger partial charge in [0.1, 0.15) is 5.82 Å². The van der Waals surface area contributed by atoms with Crippen LogP contribution < -0.4 is 16.0 Å². The third kappa shape index (κ3) is 6.43. The zero-order valence-electron chi connectivity index (χ0n) is 15.0. The Morgan fingerprint density at radius 2 is 2.12 bits per heavy atom. The van der Waals surface area contributed by atoms with Crippen molar-refractivity contribution in [1.82, 2.24) is 20.9 Å². The summed E-state index contributed by atoms with van der Waals surface area (Å²) in [5, 5.41) is 8.70. The first-order chi connectivity index (χ1) is 12.0. The molecule has 0 unspecified atom stereocenters. The van der Waals surface area contributed by atoms with Crippen molar-refractivity contribution in [2.24, 2.45) is 4.99 Å². The molecule has 7 nitrogen and oxygen atoms in total. The van der Waals surface area contributed by atoms with Gasteiger partial charge in [-0.25, -0.2) is 9.18 Å². The number of urea groups is 1. The van der Waals surface area contributed by atoms with Crippen LogP contribution in [0, 0.1) is 12.7 Å². The number of nitrogens with one attached hydrogen (secondary N) is 3. The van der Waals surface area contributed by atoms with Crippen LogP contribution in [0.15, 0.2) is 23.2 Å². The number of aliphatic imine (C=N–C) groups is 1. The van der Waals surface area contributed by atoms with Crippen LogP contribution in [0.25, 0.3) is 0 Å². The standard InChI is InChI=1S/C17H24FN5O2.HI/c1-3-19-16(21-8-9-23-15(24)11-22-17(23)25)20-7-6-13-4-5-14(18)10-12(13)2;/h4-5,10H,3,6-9,11H2,1-2H3,(H,22,25)(H2,19,20,21);1H. The molecule has 1 aromatic rings. The summed E-state index contributed by atoms with van der Waals surface area (Å²) < 4.78 is 13.1. The van der Waals surface area contributed by atoms with Crippen molar-refractivity contribution >= 4 is 41.9 Å². The number of carbonyl (C=O) groups is 2. The second kappa shape index (κ2) is 10.9. The van der Waals surface area contributed by atoms with Crippen LogP contribution >= 0.6 is 24.0 Å². The molecule has 0 saturated carbocycles. The number of carbonyl (C=O) groups excluding carboxylic acids is 2. The fourth-order valence-electron chi connectivity index (χ4n) is 2.54. The molecule has 1 aliphatic rings. The summed E-state index contributed by atoms with van der Waals surface area (Å²) in [6.07, 6.45) is 0.704. The summed E-state index contributed by atoms with van der Waals surface area (Å²) in [5.74, 6) is 0.162. The highest BCUT2D eigenvalue weighted by atomic mass is 127. The van der Waals surface area contributed by atoms with E-state index in [0.29, 0.717) is 32.0 Å². The SMILES string of the molecule is CCNC(=NCCc1ccc(F)cc1C)NCCN1C(=O)CNC1=O.I. The molecule has 26 heavy (non-hydrogen) atoms. The van der Waals surface area contributed by atoms with Gasteiger partial charge in [-0.2, -0.15) is 0 Å². The average molecular weight is 477 g/mol. The highest BCUT2D eigenvalue weighted by molar-refractivity contribution is 14.0. The molecule has 0 aromatic heterocycles. The van der Waals surface area contributed by atoms with Crippen molar-refractivity contribution in [3.63, 3.8) is 0 Å². The minimum atomic E-state index is -0.361. The molecule has 0 spiro atoms. The maximum absolute atomic E-state index is 13.1. The van der Waals surface area contributed by atoms with Gasteiger partial charge in [0.05, 0.1) is 6.54 Å². The molecule has 2 rings (SSSR count). The molecule has 0 aliphatic carbocycles. The lowest BCUT2D eigenvalue weighted by Crippen LogP contribution is -2.43. The fourth-order valence-corrected chi connectivity index (χ4v) is 2.54. The van der Waals surface area contributed by atoms with Gasteiger partial charge >= 0.3 is 6.03 Å². The first-order valence-corrected chi connectivity index (χ1v) is 8.36. The van der Waals surface area contributed by atoms with Crippen LogP contribution in [-0.2, 0) is 11.2 Å². The molecule has 1 heterocycles. The van der Waals surface area contributed by atoms with Gasteiger partial charge in [-0.1, -0.05) is 6.07 Å².